The number of hydrogen-bond acceptors (Lipinski definition) is 6. The fourth-order valence-corrected chi connectivity index (χ4v) is 8.51. The van der Waals surface area contributed by atoms with Gasteiger partial charge in [-0.05, 0) is 128 Å². The third-order valence-electron chi connectivity index (χ3n) is 13.2. The highest BCUT2D eigenvalue weighted by Gasteiger charge is 2.19. The van der Waals surface area contributed by atoms with Gasteiger partial charge in [0.1, 0.15) is 13.2 Å². The van der Waals surface area contributed by atoms with Crippen LogP contribution in [0.2, 0.25) is 0 Å². The van der Waals surface area contributed by atoms with Gasteiger partial charge in [-0.3, -0.25) is 14.4 Å². The second kappa shape index (κ2) is 63.3. The van der Waals surface area contributed by atoms with Gasteiger partial charge in [0.2, 0.25) is 0 Å². The van der Waals surface area contributed by atoms with Crippen molar-refractivity contribution < 1.29 is 28.6 Å². The van der Waals surface area contributed by atoms with Gasteiger partial charge in [-0.25, -0.2) is 0 Å². The molecule has 0 aliphatic rings. The van der Waals surface area contributed by atoms with Crippen molar-refractivity contribution in [3.8, 4) is 0 Å². The molecule has 0 N–H and O–H groups in total. The minimum atomic E-state index is -0.792. The molecule has 0 aromatic rings. The molecule has 0 heterocycles. The molecule has 0 bridgehead atoms. The van der Waals surface area contributed by atoms with Crippen LogP contribution in [0.15, 0.2) is 122 Å². The Bertz CT molecular complexity index is 1590. The van der Waals surface area contributed by atoms with Gasteiger partial charge < -0.3 is 14.2 Å². The van der Waals surface area contributed by atoms with E-state index in [4.69, 9.17) is 14.2 Å². The van der Waals surface area contributed by atoms with Gasteiger partial charge in [-0.2, -0.15) is 0 Å². The lowest BCUT2D eigenvalue weighted by Crippen LogP contribution is -2.30. The summed E-state index contributed by atoms with van der Waals surface area (Å²) in [5.41, 5.74) is 0. The van der Waals surface area contributed by atoms with E-state index >= 15 is 0 Å². The fraction of sp³-hybridized carbons (Fsp3) is 0.671. The molecule has 1 unspecified atom stereocenters. The Morgan fingerprint density at radius 1 is 0.276 bits per heavy atom. The minimum absolute atomic E-state index is 0.0890. The van der Waals surface area contributed by atoms with E-state index in [1.165, 1.54) is 109 Å². The molecule has 432 valence electrons. The highest BCUT2D eigenvalue weighted by Crippen LogP contribution is 2.15. The van der Waals surface area contributed by atoms with Crippen molar-refractivity contribution in [3.63, 3.8) is 0 Å². The van der Waals surface area contributed by atoms with E-state index < -0.39 is 6.10 Å². The van der Waals surface area contributed by atoms with Crippen LogP contribution < -0.4 is 0 Å². The van der Waals surface area contributed by atoms with Crippen LogP contribution in [-0.2, 0) is 28.6 Å². The van der Waals surface area contributed by atoms with Crippen LogP contribution in [0.4, 0.5) is 0 Å². The number of allylic oxidation sites excluding steroid dienone is 20. The zero-order valence-electron chi connectivity index (χ0n) is 49.5. The molecule has 0 fully saturated rings. The van der Waals surface area contributed by atoms with Crippen molar-refractivity contribution in [1.82, 2.24) is 0 Å². The Labute approximate surface area is 469 Å². The molecule has 0 aliphatic heterocycles. The SMILES string of the molecule is CC/C=C\C/C=C\C/C=C\C/C=C\C/C=C\CCCCCCCCCCCC(=O)OCC(COC(=O)CCCCCCC/C=C\CCCCC)OC(=O)CCCCCCCCCC/C=C\C/C=C\C/C=C\C/C=C\CC. The Morgan fingerprint density at radius 2 is 0.513 bits per heavy atom. The van der Waals surface area contributed by atoms with Crippen LogP contribution in [0, 0.1) is 0 Å². The zero-order chi connectivity index (χ0) is 55.0. The van der Waals surface area contributed by atoms with Crippen molar-refractivity contribution >= 4 is 17.9 Å². The van der Waals surface area contributed by atoms with Crippen LogP contribution >= 0.6 is 0 Å². The lowest BCUT2D eigenvalue weighted by Gasteiger charge is -2.18. The lowest BCUT2D eigenvalue weighted by molar-refractivity contribution is -0.167. The molecule has 0 saturated heterocycles. The minimum Gasteiger partial charge on any atom is -0.462 e. The van der Waals surface area contributed by atoms with Gasteiger partial charge in [-0.15, -0.1) is 0 Å². The van der Waals surface area contributed by atoms with Crippen molar-refractivity contribution in [2.75, 3.05) is 13.2 Å². The van der Waals surface area contributed by atoms with Crippen LogP contribution in [0.5, 0.6) is 0 Å². The third kappa shape index (κ3) is 60.7. The van der Waals surface area contributed by atoms with Gasteiger partial charge in [0.15, 0.2) is 6.10 Å². The monoisotopic (exact) mass is 1050 g/mol. The highest BCUT2D eigenvalue weighted by molar-refractivity contribution is 5.71. The summed E-state index contributed by atoms with van der Waals surface area (Å²) in [6, 6.07) is 0. The molecule has 0 aromatic heterocycles. The number of carbonyl (C=O) groups excluding carboxylic acids is 3. The lowest BCUT2D eigenvalue weighted by atomic mass is 10.1. The van der Waals surface area contributed by atoms with Gasteiger partial charge in [0.25, 0.3) is 0 Å². The number of ether oxygens (including phenoxy) is 3. The Balaban J connectivity index is 4.35. The maximum absolute atomic E-state index is 12.9. The summed E-state index contributed by atoms with van der Waals surface area (Å²) in [7, 11) is 0. The summed E-state index contributed by atoms with van der Waals surface area (Å²) in [4.78, 5) is 38.3. The van der Waals surface area contributed by atoms with E-state index in [0.29, 0.717) is 19.3 Å². The molecule has 0 rings (SSSR count). The number of unbranched alkanes of at least 4 members (excludes halogenated alkanes) is 25. The molecule has 6 heteroatoms. The summed E-state index contributed by atoms with van der Waals surface area (Å²) in [5.74, 6) is -0.908. The first-order chi connectivity index (χ1) is 37.5. The van der Waals surface area contributed by atoms with E-state index in [1.807, 2.05) is 0 Å². The van der Waals surface area contributed by atoms with E-state index in [1.54, 1.807) is 0 Å². The molecule has 0 saturated carbocycles. The smallest absolute Gasteiger partial charge is 0.306 e. The Hall–Kier alpha value is -4.19. The predicted molar refractivity (Wildman–Crippen MR) is 330 cm³/mol. The highest BCUT2D eigenvalue weighted by atomic mass is 16.6. The molecule has 6 nitrogen and oxygen atoms in total. The summed E-state index contributed by atoms with van der Waals surface area (Å²) >= 11 is 0. The van der Waals surface area contributed by atoms with Crippen molar-refractivity contribution in [2.24, 2.45) is 0 Å². The van der Waals surface area contributed by atoms with Crippen molar-refractivity contribution in [2.45, 2.75) is 290 Å². The van der Waals surface area contributed by atoms with Crippen molar-refractivity contribution in [1.29, 1.82) is 0 Å². The van der Waals surface area contributed by atoms with Crippen LogP contribution in [0.25, 0.3) is 0 Å². The maximum atomic E-state index is 12.9. The summed E-state index contributed by atoms with van der Waals surface area (Å²) < 4.78 is 16.9. The number of esters is 3. The topological polar surface area (TPSA) is 78.9 Å². The third-order valence-corrected chi connectivity index (χ3v) is 13.2. The second-order valence-corrected chi connectivity index (χ2v) is 20.5. The van der Waals surface area contributed by atoms with E-state index in [2.05, 4.69) is 142 Å². The molecule has 0 aliphatic carbocycles. The van der Waals surface area contributed by atoms with Crippen molar-refractivity contribution in [3.05, 3.63) is 122 Å². The molecule has 0 spiro atoms. The largest absolute Gasteiger partial charge is 0.462 e. The number of carbonyl (C=O) groups is 3. The first-order valence-corrected chi connectivity index (χ1v) is 31.5. The van der Waals surface area contributed by atoms with Gasteiger partial charge in [0, 0.05) is 19.3 Å². The maximum Gasteiger partial charge on any atom is 0.306 e. The van der Waals surface area contributed by atoms with Crippen LogP contribution in [0.1, 0.15) is 284 Å². The average Bonchev–Trinajstić information content (AvgIpc) is 3.42. The summed E-state index contributed by atoms with van der Waals surface area (Å²) in [6.45, 7) is 6.38. The fourth-order valence-electron chi connectivity index (χ4n) is 8.51. The van der Waals surface area contributed by atoms with Gasteiger partial charge >= 0.3 is 17.9 Å². The number of rotatable bonds is 56. The normalized spacial score (nSPS) is 12.9. The second-order valence-electron chi connectivity index (χ2n) is 20.5. The predicted octanol–water partition coefficient (Wildman–Crippen LogP) is 21.6. The Morgan fingerprint density at radius 3 is 0.816 bits per heavy atom. The van der Waals surface area contributed by atoms with Gasteiger partial charge in [0.05, 0.1) is 0 Å². The van der Waals surface area contributed by atoms with E-state index in [9.17, 15) is 14.4 Å². The molecule has 76 heavy (non-hydrogen) atoms. The standard InChI is InChI=1S/C70H116O6/c1-4-7-10-13-16-19-22-25-27-29-31-33-34-35-36-38-39-41-43-45-48-51-54-57-60-63-69(72)75-66-67(65-74-68(71)62-59-56-53-50-47-24-21-18-15-12-9-6-3)76-70(73)64-61-58-55-52-49-46-44-42-40-37-32-30-28-26-23-20-17-14-11-8-5-2/h7-8,10-11,16-21,25-28,31-33,35-37,67H,4-6,9,12-15,22-24,29-30,34,38-66H2,1-3H3/b10-7-,11-8-,19-16-,20-17-,21-18-,27-25-,28-26-,33-31-,36-35-,37-32-. The number of hydrogen-bond donors (Lipinski definition) is 0. The molecular weight excluding hydrogens is 937 g/mol. The molecule has 1 atom stereocenters. The van der Waals surface area contributed by atoms with E-state index in [0.717, 1.165) is 135 Å². The van der Waals surface area contributed by atoms with Crippen LogP contribution in [0.3, 0.4) is 0 Å². The zero-order valence-corrected chi connectivity index (χ0v) is 49.5. The first kappa shape index (κ1) is 71.8. The molecule has 0 radical (unpaired) electrons. The average molecular weight is 1050 g/mol. The van der Waals surface area contributed by atoms with Gasteiger partial charge in [-0.1, -0.05) is 258 Å². The molecule has 0 aromatic carbocycles. The first-order valence-electron chi connectivity index (χ1n) is 31.5. The van der Waals surface area contributed by atoms with E-state index in [-0.39, 0.29) is 31.1 Å². The molecular formula is C70H116O6. The summed E-state index contributed by atoms with van der Waals surface area (Å²) in [6.07, 6.45) is 87.7. The quantitative estimate of drug-likeness (QED) is 0.0261. The Kier molecular flexibility index (Phi) is 59.9. The van der Waals surface area contributed by atoms with Crippen LogP contribution in [-0.4, -0.2) is 37.2 Å². The molecule has 0 amide bonds. The summed E-state index contributed by atoms with van der Waals surface area (Å²) in [5, 5.41) is 0.